The van der Waals surface area contributed by atoms with Gasteiger partial charge in [-0.15, -0.1) is 0 Å². The smallest absolute Gasteiger partial charge is 0.326 e. The van der Waals surface area contributed by atoms with Gasteiger partial charge >= 0.3 is 5.72 Å². The third kappa shape index (κ3) is 1.66. The number of hydrogen-bond acceptors (Lipinski definition) is 4. The fourth-order valence-corrected chi connectivity index (χ4v) is 0.397. The van der Waals surface area contributed by atoms with E-state index in [1.54, 1.807) is 0 Å². The molecule has 0 aliphatic rings. The van der Waals surface area contributed by atoms with Gasteiger partial charge in [-0.05, 0) is 13.8 Å². The number of rotatable bonds is 3. The van der Waals surface area contributed by atoms with Crippen molar-refractivity contribution in [2.45, 2.75) is 26.5 Å². The number of nitrogens with zero attached hydrogens (tertiary/aromatic N) is 1. The lowest BCUT2D eigenvalue weighted by Gasteiger charge is -2.29. The lowest BCUT2D eigenvalue weighted by molar-refractivity contribution is -0.642. The van der Waals surface area contributed by atoms with E-state index in [0.717, 1.165) is 6.92 Å². The summed E-state index contributed by atoms with van der Waals surface area (Å²) in [5.41, 5.74) is -3.21. The van der Waals surface area contributed by atoms with Crippen LogP contribution in [0.15, 0.2) is 0 Å². The minimum atomic E-state index is -2.08. The standard InChI is InChI=1S/C6H13NO4/c1-5(2,4-8)6(3,9)7(10)11/h8-9H,4H2,1-3H3. The molecule has 0 aromatic carbocycles. The van der Waals surface area contributed by atoms with Gasteiger partial charge in [0.1, 0.15) is 0 Å². The second-order valence-electron chi connectivity index (χ2n) is 3.32. The monoisotopic (exact) mass is 163 g/mol. The first-order valence-corrected chi connectivity index (χ1v) is 3.23. The first-order chi connectivity index (χ1) is 4.75. The summed E-state index contributed by atoms with van der Waals surface area (Å²) in [6, 6.07) is 0. The Labute approximate surface area is 64.8 Å². The second-order valence-corrected chi connectivity index (χ2v) is 3.32. The van der Waals surface area contributed by atoms with Crippen LogP contribution in [0, 0.1) is 15.5 Å². The highest BCUT2D eigenvalue weighted by Crippen LogP contribution is 2.29. The van der Waals surface area contributed by atoms with Crippen molar-refractivity contribution in [1.29, 1.82) is 0 Å². The quantitative estimate of drug-likeness (QED) is 0.348. The molecule has 5 heteroatoms. The molecular formula is C6H13NO4. The molecule has 0 rings (SSSR count). The molecule has 0 aliphatic carbocycles. The summed E-state index contributed by atoms with van der Waals surface area (Å²) in [6.07, 6.45) is 0. The van der Waals surface area contributed by atoms with E-state index in [1.165, 1.54) is 13.8 Å². The van der Waals surface area contributed by atoms with Crippen LogP contribution in [0.25, 0.3) is 0 Å². The van der Waals surface area contributed by atoms with Crippen LogP contribution in [-0.2, 0) is 0 Å². The molecule has 2 N–H and O–H groups in total. The maximum Gasteiger partial charge on any atom is 0.326 e. The minimum absolute atomic E-state index is 0.430. The zero-order valence-corrected chi connectivity index (χ0v) is 6.87. The highest BCUT2D eigenvalue weighted by molar-refractivity contribution is 4.80. The van der Waals surface area contributed by atoms with E-state index < -0.39 is 22.7 Å². The molecule has 0 radical (unpaired) electrons. The SMILES string of the molecule is CC(C)(CO)C(C)(O)[N+](=O)[O-]. The number of nitro groups is 1. The van der Waals surface area contributed by atoms with Gasteiger partial charge in [0.05, 0.1) is 16.9 Å². The number of aliphatic hydroxyl groups excluding tert-OH is 1. The van der Waals surface area contributed by atoms with Crippen molar-refractivity contribution in [3.05, 3.63) is 10.1 Å². The molecule has 0 aliphatic heterocycles. The van der Waals surface area contributed by atoms with Crippen LogP contribution in [0.2, 0.25) is 0 Å². The molecule has 1 atom stereocenters. The molecule has 66 valence electrons. The summed E-state index contributed by atoms with van der Waals surface area (Å²) >= 11 is 0. The van der Waals surface area contributed by atoms with Crippen molar-refractivity contribution in [2.75, 3.05) is 6.61 Å². The van der Waals surface area contributed by atoms with Gasteiger partial charge in [-0.25, -0.2) is 0 Å². The summed E-state index contributed by atoms with van der Waals surface area (Å²) in [7, 11) is 0. The number of aliphatic hydroxyl groups is 2. The topological polar surface area (TPSA) is 83.6 Å². The summed E-state index contributed by atoms with van der Waals surface area (Å²) in [4.78, 5) is 9.47. The van der Waals surface area contributed by atoms with Crippen LogP contribution in [-0.4, -0.2) is 27.5 Å². The molecule has 0 heterocycles. The molecule has 0 fully saturated rings. The Morgan fingerprint density at radius 1 is 1.45 bits per heavy atom. The highest BCUT2D eigenvalue weighted by atomic mass is 16.7. The van der Waals surface area contributed by atoms with Crippen molar-refractivity contribution < 1.29 is 15.1 Å². The van der Waals surface area contributed by atoms with Gasteiger partial charge in [0.25, 0.3) is 0 Å². The largest absolute Gasteiger partial charge is 0.395 e. The third-order valence-electron chi connectivity index (χ3n) is 2.03. The molecule has 1 unspecified atom stereocenters. The van der Waals surface area contributed by atoms with Gasteiger partial charge in [0, 0.05) is 6.92 Å². The zero-order chi connectivity index (χ0) is 9.28. The maximum atomic E-state index is 10.3. The van der Waals surface area contributed by atoms with Crippen LogP contribution >= 0.6 is 0 Å². The van der Waals surface area contributed by atoms with E-state index in [4.69, 9.17) is 5.11 Å². The predicted octanol–water partition coefficient (Wildman–Crippen LogP) is -0.00990. The fraction of sp³-hybridized carbons (Fsp3) is 1.00. The molecule has 0 amide bonds. The Bertz CT molecular complexity index is 164. The highest BCUT2D eigenvalue weighted by Gasteiger charge is 2.50. The van der Waals surface area contributed by atoms with Crippen LogP contribution in [0.1, 0.15) is 20.8 Å². The van der Waals surface area contributed by atoms with Crippen molar-refractivity contribution in [3.63, 3.8) is 0 Å². The molecular weight excluding hydrogens is 150 g/mol. The molecule has 11 heavy (non-hydrogen) atoms. The van der Waals surface area contributed by atoms with E-state index in [1.807, 2.05) is 0 Å². The zero-order valence-electron chi connectivity index (χ0n) is 6.87. The Kier molecular flexibility index (Phi) is 2.58. The maximum absolute atomic E-state index is 10.3. The second kappa shape index (κ2) is 2.75. The normalized spacial score (nSPS) is 17.5. The van der Waals surface area contributed by atoms with Gasteiger partial charge in [-0.1, -0.05) is 0 Å². The first-order valence-electron chi connectivity index (χ1n) is 3.23. The summed E-state index contributed by atoms with van der Waals surface area (Å²) < 4.78 is 0. The summed E-state index contributed by atoms with van der Waals surface area (Å²) in [5, 5.41) is 28.2. The number of hydrogen-bond donors (Lipinski definition) is 2. The molecule has 0 saturated carbocycles. The average Bonchev–Trinajstić information content (AvgIpc) is 1.87. The van der Waals surface area contributed by atoms with Gasteiger partial charge in [0.15, 0.2) is 0 Å². The van der Waals surface area contributed by atoms with E-state index in [9.17, 15) is 15.2 Å². The van der Waals surface area contributed by atoms with E-state index in [2.05, 4.69) is 0 Å². The van der Waals surface area contributed by atoms with Crippen LogP contribution < -0.4 is 0 Å². The van der Waals surface area contributed by atoms with Crippen molar-refractivity contribution in [3.8, 4) is 0 Å². The predicted molar refractivity (Wildman–Crippen MR) is 38.5 cm³/mol. The average molecular weight is 163 g/mol. The third-order valence-corrected chi connectivity index (χ3v) is 2.03. The van der Waals surface area contributed by atoms with Crippen LogP contribution in [0.4, 0.5) is 0 Å². The Balaban J connectivity index is 4.67. The van der Waals surface area contributed by atoms with Gasteiger partial charge in [-0.2, -0.15) is 0 Å². The summed E-state index contributed by atoms with van der Waals surface area (Å²) in [6.45, 7) is 3.50. The van der Waals surface area contributed by atoms with E-state index >= 15 is 0 Å². The molecule has 0 spiro atoms. The summed E-state index contributed by atoms with van der Waals surface area (Å²) in [5.74, 6) is 0. The molecule has 0 saturated heterocycles. The van der Waals surface area contributed by atoms with Crippen molar-refractivity contribution in [1.82, 2.24) is 0 Å². The Hall–Kier alpha value is -0.680. The van der Waals surface area contributed by atoms with Gasteiger partial charge < -0.3 is 10.2 Å². The molecule has 0 bridgehead atoms. The molecule has 0 aromatic heterocycles. The lowest BCUT2D eigenvalue weighted by atomic mass is 9.83. The van der Waals surface area contributed by atoms with Crippen molar-refractivity contribution >= 4 is 0 Å². The lowest BCUT2D eigenvalue weighted by Crippen LogP contribution is -2.50. The Morgan fingerprint density at radius 3 is 1.91 bits per heavy atom. The van der Waals surface area contributed by atoms with Crippen LogP contribution in [0.5, 0.6) is 0 Å². The first kappa shape index (κ1) is 10.3. The Morgan fingerprint density at radius 2 is 1.82 bits per heavy atom. The van der Waals surface area contributed by atoms with E-state index in [0.29, 0.717) is 0 Å². The van der Waals surface area contributed by atoms with Crippen LogP contribution in [0.3, 0.4) is 0 Å². The fourth-order valence-electron chi connectivity index (χ4n) is 0.397. The van der Waals surface area contributed by atoms with Gasteiger partial charge in [-0.3, -0.25) is 10.1 Å². The van der Waals surface area contributed by atoms with Gasteiger partial charge in [0.2, 0.25) is 0 Å². The van der Waals surface area contributed by atoms with Crippen molar-refractivity contribution in [2.24, 2.45) is 5.41 Å². The van der Waals surface area contributed by atoms with E-state index in [-0.39, 0.29) is 0 Å². The molecule has 5 nitrogen and oxygen atoms in total. The minimum Gasteiger partial charge on any atom is -0.395 e. The molecule has 0 aromatic rings.